The van der Waals surface area contributed by atoms with Crippen molar-refractivity contribution in [1.29, 1.82) is 5.26 Å². The quantitative estimate of drug-likeness (QED) is 0.535. The van der Waals surface area contributed by atoms with Crippen molar-refractivity contribution < 1.29 is 8.42 Å². The largest absolute Gasteiger partial charge is 0.346 e. The number of nitrogens with two attached hydrogens (primary N) is 1. The van der Waals surface area contributed by atoms with E-state index in [2.05, 4.69) is 30.8 Å². The van der Waals surface area contributed by atoms with E-state index >= 15 is 0 Å². The van der Waals surface area contributed by atoms with Gasteiger partial charge in [0, 0.05) is 23.3 Å². The molecule has 0 bridgehead atoms. The van der Waals surface area contributed by atoms with Crippen LogP contribution in [0.3, 0.4) is 0 Å². The fourth-order valence-corrected chi connectivity index (χ4v) is 4.43. The van der Waals surface area contributed by atoms with Crippen LogP contribution in [0.1, 0.15) is 43.8 Å². The molecule has 1 aliphatic carbocycles. The molecule has 0 spiro atoms. The Morgan fingerprint density at radius 1 is 1.38 bits per heavy atom. The third-order valence-corrected chi connectivity index (χ3v) is 5.99. The molecular formula is C18H22N8O2S. The molecule has 3 aromatic rings. The summed E-state index contributed by atoms with van der Waals surface area (Å²) in [6, 6.07) is 4.07. The number of aromatic amines is 1. The van der Waals surface area contributed by atoms with Crippen LogP contribution in [0.5, 0.6) is 0 Å². The highest BCUT2D eigenvalue weighted by Crippen LogP contribution is 2.37. The first-order valence-corrected chi connectivity index (χ1v) is 11.0. The molecule has 0 radical (unpaired) electrons. The maximum atomic E-state index is 11.4. The molecule has 0 saturated heterocycles. The Kier molecular flexibility index (Phi) is 5.31. The van der Waals surface area contributed by atoms with Crippen LogP contribution < -0.4 is 9.86 Å². The number of fused-ring (bicyclic) bond motifs is 1. The molecule has 3 heterocycles. The van der Waals surface area contributed by atoms with Crippen LogP contribution in [0.25, 0.3) is 22.3 Å². The van der Waals surface area contributed by atoms with E-state index in [0.29, 0.717) is 34.9 Å². The fraction of sp³-hybridized carbons (Fsp3) is 0.444. The van der Waals surface area contributed by atoms with E-state index in [1.54, 1.807) is 10.9 Å². The van der Waals surface area contributed by atoms with Crippen LogP contribution in [0.15, 0.2) is 24.8 Å². The van der Waals surface area contributed by atoms with Gasteiger partial charge < -0.3 is 4.98 Å². The highest BCUT2D eigenvalue weighted by Gasteiger charge is 2.28. The van der Waals surface area contributed by atoms with Crippen molar-refractivity contribution in [3.05, 3.63) is 30.5 Å². The minimum absolute atomic E-state index is 0.0620. The molecule has 4 rings (SSSR count). The lowest BCUT2D eigenvalue weighted by atomic mass is 9.96. The Morgan fingerprint density at radius 2 is 2.17 bits per heavy atom. The average molecular weight is 414 g/mol. The van der Waals surface area contributed by atoms with E-state index in [-0.39, 0.29) is 12.6 Å². The van der Waals surface area contributed by atoms with Crippen LogP contribution in [0.4, 0.5) is 0 Å². The summed E-state index contributed by atoms with van der Waals surface area (Å²) >= 11 is 0. The summed E-state index contributed by atoms with van der Waals surface area (Å²) in [5.74, 6) is 0.374. The van der Waals surface area contributed by atoms with E-state index in [1.807, 2.05) is 12.3 Å². The Bertz CT molecular complexity index is 1150. The standard InChI is InChI=1S/C18H22N8O2S/c19-7-5-16(12-3-1-2-4-12)26-10-14(15(25-26)9-24-29(20,27)28)17-13-6-8-21-18(13)23-11-22-17/h6,8,10-12,16,24H,1-5,9H2,(H2,20,27,28)(H,21,22,23). The minimum atomic E-state index is -3.88. The SMILES string of the molecule is N#CCC(C1CCCC1)n1cc(-c2ncnc3[nH]ccc23)c(CNS(N)(=O)=O)n1. The summed E-state index contributed by atoms with van der Waals surface area (Å²) in [5, 5.41) is 19.9. The molecule has 29 heavy (non-hydrogen) atoms. The number of aromatic nitrogens is 5. The lowest BCUT2D eigenvalue weighted by Gasteiger charge is -2.21. The van der Waals surface area contributed by atoms with E-state index in [9.17, 15) is 13.7 Å². The normalized spacial score (nSPS) is 16.3. The Labute approximate surface area is 168 Å². The maximum Gasteiger partial charge on any atom is 0.274 e. The molecule has 3 aromatic heterocycles. The summed E-state index contributed by atoms with van der Waals surface area (Å²) in [6.07, 6.45) is 9.84. The Hall–Kier alpha value is -2.81. The van der Waals surface area contributed by atoms with Crippen molar-refractivity contribution in [3.63, 3.8) is 0 Å². The summed E-state index contributed by atoms with van der Waals surface area (Å²) < 4.78 is 27.0. The Morgan fingerprint density at radius 3 is 2.90 bits per heavy atom. The highest BCUT2D eigenvalue weighted by molar-refractivity contribution is 7.87. The summed E-state index contributed by atoms with van der Waals surface area (Å²) in [7, 11) is -3.88. The molecule has 11 heteroatoms. The average Bonchev–Trinajstić information content (AvgIpc) is 3.44. The molecule has 1 saturated carbocycles. The number of rotatable bonds is 7. The fourth-order valence-electron chi connectivity index (χ4n) is 4.10. The van der Waals surface area contributed by atoms with Gasteiger partial charge >= 0.3 is 0 Å². The molecule has 1 fully saturated rings. The molecule has 4 N–H and O–H groups in total. The van der Waals surface area contributed by atoms with Crippen LogP contribution in [0, 0.1) is 17.2 Å². The zero-order chi connectivity index (χ0) is 20.4. The molecule has 1 atom stereocenters. The lowest BCUT2D eigenvalue weighted by Crippen LogP contribution is -2.30. The van der Waals surface area contributed by atoms with E-state index in [4.69, 9.17) is 5.14 Å². The molecular weight excluding hydrogens is 392 g/mol. The van der Waals surface area contributed by atoms with Gasteiger partial charge in [0.1, 0.15) is 12.0 Å². The number of nitrogens with one attached hydrogen (secondary N) is 2. The van der Waals surface area contributed by atoms with E-state index < -0.39 is 10.2 Å². The molecule has 152 valence electrons. The van der Waals surface area contributed by atoms with Crippen molar-refractivity contribution >= 4 is 21.2 Å². The van der Waals surface area contributed by atoms with Crippen LogP contribution in [-0.4, -0.2) is 33.2 Å². The van der Waals surface area contributed by atoms with Crippen molar-refractivity contribution in [2.24, 2.45) is 11.1 Å². The monoisotopic (exact) mass is 414 g/mol. The summed E-state index contributed by atoms with van der Waals surface area (Å²) in [5.41, 5.74) is 2.52. The number of H-pyrrole nitrogens is 1. The first-order valence-electron chi connectivity index (χ1n) is 9.47. The second-order valence-electron chi connectivity index (χ2n) is 7.27. The van der Waals surface area contributed by atoms with Gasteiger partial charge in [-0.05, 0) is 24.8 Å². The smallest absolute Gasteiger partial charge is 0.274 e. The topological polar surface area (TPSA) is 155 Å². The molecule has 1 aliphatic rings. The number of hydrogen-bond donors (Lipinski definition) is 3. The second-order valence-corrected chi connectivity index (χ2v) is 8.65. The zero-order valence-corrected chi connectivity index (χ0v) is 16.6. The summed E-state index contributed by atoms with van der Waals surface area (Å²) in [6.45, 7) is -0.0684. The van der Waals surface area contributed by atoms with E-state index in [1.165, 1.54) is 6.33 Å². The molecule has 0 aromatic carbocycles. The zero-order valence-electron chi connectivity index (χ0n) is 15.7. The van der Waals surface area contributed by atoms with E-state index in [0.717, 1.165) is 31.1 Å². The third kappa shape index (κ3) is 4.14. The van der Waals surface area contributed by atoms with Gasteiger partial charge in [-0.3, -0.25) is 4.68 Å². The minimum Gasteiger partial charge on any atom is -0.346 e. The van der Waals surface area contributed by atoms with Crippen molar-refractivity contribution in [2.45, 2.75) is 44.7 Å². The molecule has 10 nitrogen and oxygen atoms in total. The predicted octanol–water partition coefficient (Wildman–Crippen LogP) is 1.76. The first-order chi connectivity index (χ1) is 14.0. The molecule has 1 unspecified atom stereocenters. The third-order valence-electron chi connectivity index (χ3n) is 5.44. The van der Waals surface area contributed by atoms with Crippen LogP contribution >= 0.6 is 0 Å². The van der Waals surface area contributed by atoms with Crippen molar-refractivity contribution in [3.8, 4) is 17.3 Å². The number of nitrogens with zero attached hydrogens (tertiary/aromatic N) is 5. The van der Waals surface area contributed by atoms with Crippen molar-refractivity contribution in [1.82, 2.24) is 29.5 Å². The number of hydrogen-bond acceptors (Lipinski definition) is 6. The van der Waals surface area contributed by atoms with Gasteiger partial charge in [0.05, 0.1) is 36.5 Å². The van der Waals surface area contributed by atoms with Gasteiger partial charge in [0.2, 0.25) is 0 Å². The maximum absolute atomic E-state index is 11.4. The predicted molar refractivity (Wildman–Crippen MR) is 106 cm³/mol. The highest BCUT2D eigenvalue weighted by atomic mass is 32.2. The van der Waals surface area contributed by atoms with Crippen molar-refractivity contribution in [2.75, 3.05) is 0 Å². The van der Waals surface area contributed by atoms with Crippen LogP contribution in [-0.2, 0) is 16.8 Å². The van der Waals surface area contributed by atoms with Gasteiger partial charge in [0.25, 0.3) is 10.2 Å². The van der Waals surface area contributed by atoms with Gasteiger partial charge in [-0.15, -0.1) is 0 Å². The Balaban J connectivity index is 1.80. The van der Waals surface area contributed by atoms with Gasteiger partial charge in [-0.25, -0.2) is 15.1 Å². The molecule has 0 amide bonds. The van der Waals surface area contributed by atoms with Gasteiger partial charge in [-0.1, -0.05) is 12.8 Å². The molecule has 0 aliphatic heterocycles. The lowest BCUT2D eigenvalue weighted by molar-refractivity contribution is 0.313. The van der Waals surface area contributed by atoms with Gasteiger partial charge in [-0.2, -0.15) is 23.5 Å². The van der Waals surface area contributed by atoms with Gasteiger partial charge in [0.15, 0.2) is 0 Å². The van der Waals surface area contributed by atoms with Crippen LogP contribution in [0.2, 0.25) is 0 Å². The second kappa shape index (κ2) is 7.90. The first kappa shape index (κ1) is 19.5. The number of nitriles is 1. The summed E-state index contributed by atoms with van der Waals surface area (Å²) in [4.78, 5) is 11.7.